The van der Waals surface area contributed by atoms with Gasteiger partial charge in [-0.3, -0.25) is 0 Å². The zero-order valence-electron chi connectivity index (χ0n) is 9.79. The summed E-state index contributed by atoms with van der Waals surface area (Å²) < 4.78 is 44.3. The van der Waals surface area contributed by atoms with Crippen molar-refractivity contribution in [3.8, 4) is 0 Å². The van der Waals surface area contributed by atoms with E-state index in [0.29, 0.717) is 9.99 Å². The highest BCUT2D eigenvalue weighted by molar-refractivity contribution is 9.10. The van der Waals surface area contributed by atoms with Crippen LogP contribution in [0.3, 0.4) is 0 Å². The fraction of sp³-hybridized carbons (Fsp3) is 0.250. The Kier molecular flexibility index (Phi) is 3.58. The van der Waals surface area contributed by atoms with Gasteiger partial charge in [0.2, 0.25) is 0 Å². The molecule has 0 fully saturated rings. The molecule has 0 spiro atoms. The number of hydrogen-bond acceptors (Lipinski definition) is 2. The Labute approximate surface area is 115 Å². The Balaban J connectivity index is 2.69. The van der Waals surface area contributed by atoms with Crippen LogP contribution in [0.5, 0.6) is 0 Å². The van der Waals surface area contributed by atoms with Crippen molar-refractivity contribution < 1.29 is 22.7 Å². The third kappa shape index (κ3) is 2.75. The van der Waals surface area contributed by atoms with Crippen molar-refractivity contribution in [1.82, 2.24) is 4.40 Å². The lowest BCUT2D eigenvalue weighted by atomic mass is 10.2. The molecule has 2 heterocycles. The van der Waals surface area contributed by atoms with Crippen LogP contribution in [0, 0.1) is 0 Å². The Bertz CT molecular complexity index is 634. The van der Waals surface area contributed by atoms with E-state index in [-0.39, 0.29) is 11.3 Å². The lowest BCUT2D eigenvalue weighted by Gasteiger charge is -2.09. The van der Waals surface area contributed by atoms with Crippen molar-refractivity contribution >= 4 is 27.4 Å². The van der Waals surface area contributed by atoms with E-state index in [9.17, 15) is 18.0 Å². The van der Waals surface area contributed by atoms with Gasteiger partial charge in [0.15, 0.2) is 0 Å². The first-order valence-corrected chi connectivity index (χ1v) is 6.06. The minimum absolute atomic E-state index is 0.0771. The van der Waals surface area contributed by atoms with Crippen LogP contribution in [-0.4, -0.2) is 23.7 Å². The van der Waals surface area contributed by atoms with Crippen molar-refractivity contribution in [1.29, 1.82) is 0 Å². The molecule has 102 valence electrons. The SMILES string of the molecule is COC(=O)c1cc2c(Br)cccn2c1CC(F)(F)F. The van der Waals surface area contributed by atoms with Gasteiger partial charge in [-0.25, -0.2) is 4.79 Å². The Morgan fingerprint density at radius 1 is 1.47 bits per heavy atom. The molecular formula is C12H9BrF3NO2. The van der Waals surface area contributed by atoms with Crippen molar-refractivity contribution in [2.45, 2.75) is 12.6 Å². The molecule has 0 aliphatic heterocycles. The summed E-state index contributed by atoms with van der Waals surface area (Å²) in [7, 11) is 1.14. The van der Waals surface area contributed by atoms with Crippen molar-refractivity contribution in [2.75, 3.05) is 7.11 Å². The van der Waals surface area contributed by atoms with Crippen LogP contribution in [0.1, 0.15) is 16.1 Å². The fourth-order valence-electron chi connectivity index (χ4n) is 1.87. The highest BCUT2D eigenvalue weighted by Gasteiger charge is 2.32. The largest absolute Gasteiger partial charge is 0.465 e. The maximum absolute atomic E-state index is 12.6. The summed E-state index contributed by atoms with van der Waals surface area (Å²) in [5.74, 6) is -0.783. The number of alkyl halides is 3. The van der Waals surface area contributed by atoms with E-state index in [0.717, 1.165) is 7.11 Å². The molecule has 3 nitrogen and oxygen atoms in total. The fourth-order valence-corrected chi connectivity index (χ4v) is 2.33. The van der Waals surface area contributed by atoms with E-state index in [1.807, 2.05) is 0 Å². The van der Waals surface area contributed by atoms with Crippen LogP contribution < -0.4 is 0 Å². The first-order chi connectivity index (χ1) is 8.83. The van der Waals surface area contributed by atoms with Gasteiger partial charge in [-0.2, -0.15) is 13.2 Å². The Hall–Kier alpha value is -1.50. The number of hydrogen-bond donors (Lipinski definition) is 0. The predicted molar refractivity (Wildman–Crippen MR) is 66.2 cm³/mol. The molecule has 2 aromatic heterocycles. The molecule has 0 saturated carbocycles. The van der Waals surface area contributed by atoms with Crippen LogP contribution >= 0.6 is 15.9 Å². The molecule has 0 atom stereocenters. The van der Waals surface area contributed by atoms with Crippen LogP contribution in [0.25, 0.3) is 5.52 Å². The Morgan fingerprint density at radius 3 is 2.74 bits per heavy atom. The monoisotopic (exact) mass is 335 g/mol. The van der Waals surface area contributed by atoms with E-state index in [4.69, 9.17) is 0 Å². The maximum atomic E-state index is 12.6. The summed E-state index contributed by atoms with van der Waals surface area (Å²) in [5.41, 5.74) is 0.282. The van der Waals surface area contributed by atoms with Crippen molar-refractivity contribution in [3.05, 3.63) is 40.1 Å². The zero-order chi connectivity index (χ0) is 14.2. The average Bonchev–Trinajstić information content (AvgIpc) is 2.67. The summed E-state index contributed by atoms with van der Waals surface area (Å²) in [6.07, 6.45) is -4.12. The van der Waals surface area contributed by atoms with E-state index in [1.165, 1.54) is 16.7 Å². The number of carbonyl (C=O) groups excluding carboxylic acids is 1. The number of rotatable bonds is 2. The van der Waals surface area contributed by atoms with Gasteiger partial charge in [0.25, 0.3) is 0 Å². The summed E-state index contributed by atoms with van der Waals surface area (Å²) in [4.78, 5) is 11.6. The lowest BCUT2D eigenvalue weighted by Crippen LogP contribution is -2.16. The number of pyridine rings is 1. The topological polar surface area (TPSA) is 30.7 Å². The van der Waals surface area contributed by atoms with E-state index >= 15 is 0 Å². The van der Waals surface area contributed by atoms with Gasteiger partial charge < -0.3 is 9.14 Å². The highest BCUT2D eigenvalue weighted by Crippen LogP contribution is 2.29. The van der Waals surface area contributed by atoms with Crippen molar-refractivity contribution in [2.24, 2.45) is 0 Å². The molecular weight excluding hydrogens is 327 g/mol. The summed E-state index contributed by atoms with van der Waals surface area (Å²) in [5, 5.41) is 0. The smallest absolute Gasteiger partial charge is 0.394 e. The third-order valence-electron chi connectivity index (χ3n) is 2.64. The molecule has 19 heavy (non-hydrogen) atoms. The highest BCUT2D eigenvalue weighted by atomic mass is 79.9. The third-order valence-corrected chi connectivity index (χ3v) is 3.31. The number of esters is 1. The van der Waals surface area contributed by atoms with E-state index in [1.54, 1.807) is 12.1 Å². The normalized spacial score (nSPS) is 11.8. The van der Waals surface area contributed by atoms with Crippen LogP contribution in [0.15, 0.2) is 28.9 Å². The quantitative estimate of drug-likeness (QED) is 0.785. The van der Waals surface area contributed by atoms with Crippen LogP contribution in [-0.2, 0) is 11.2 Å². The molecule has 0 aliphatic carbocycles. The van der Waals surface area contributed by atoms with Gasteiger partial charge in [-0.15, -0.1) is 0 Å². The lowest BCUT2D eigenvalue weighted by molar-refractivity contribution is -0.128. The van der Waals surface area contributed by atoms with Crippen LogP contribution in [0.2, 0.25) is 0 Å². The summed E-state index contributed by atoms with van der Waals surface area (Å²) in [6, 6.07) is 4.67. The number of methoxy groups -OCH3 is 1. The summed E-state index contributed by atoms with van der Waals surface area (Å²) >= 11 is 3.24. The van der Waals surface area contributed by atoms with E-state index in [2.05, 4.69) is 20.7 Å². The first-order valence-electron chi connectivity index (χ1n) is 5.27. The molecule has 0 aromatic carbocycles. The molecule has 0 radical (unpaired) electrons. The Morgan fingerprint density at radius 2 is 2.16 bits per heavy atom. The number of carbonyl (C=O) groups is 1. The number of halogens is 4. The predicted octanol–water partition coefficient (Wildman–Crippen LogP) is 3.59. The number of aromatic nitrogens is 1. The van der Waals surface area contributed by atoms with Gasteiger partial charge in [-0.1, -0.05) is 0 Å². The summed E-state index contributed by atoms with van der Waals surface area (Å²) in [6.45, 7) is 0. The first kappa shape index (κ1) is 13.9. The minimum Gasteiger partial charge on any atom is -0.465 e. The van der Waals surface area contributed by atoms with E-state index < -0.39 is 18.6 Å². The molecule has 0 aliphatic rings. The number of ether oxygens (including phenoxy) is 1. The molecule has 0 unspecified atom stereocenters. The molecule has 0 saturated heterocycles. The van der Waals surface area contributed by atoms with Gasteiger partial charge in [-0.05, 0) is 34.1 Å². The van der Waals surface area contributed by atoms with Crippen molar-refractivity contribution in [3.63, 3.8) is 0 Å². The molecule has 7 heteroatoms. The van der Waals surface area contributed by atoms with Gasteiger partial charge in [0.05, 0.1) is 24.6 Å². The second kappa shape index (κ2) is 4.88. The number of fused-ring (bicyclic) bond motifs is 1. The average molecular weight is 336 g/mol. The molecule has 2 aromatic rings. The molecule has 0 bridgehead atoms. The molecule has 0 amide bonds. The standard InChI is InChI=1S/C12H9BrF3NO2/c1-19-11(18)7-5-9-8(13)3-2-4-17(9)10(7)6-12(14,15)16/h2-5H,6H2,1H3. The number of nitrogens with zero attached hydrogens (tertiary/aromatic N) is 1. The zero-order valence-corrected chi connectivity index (χ0v) is 11.4. The second-order valence-corrected chi connectivity index (χ2v) is 4.75. The molecule has 2 rings (SSSR count). The van der Waals surface area contributed by atoms with Gasteiger partial charge >= 0.3 is 12.1 Å². The minimum atomic E-state index is -4.40. The molecule has 0 N–H and O–H groups in total. The van der Waals surface area contributed by atoms with Crippen LogP contribution in [0.4, 0.5) is 13.2 Å². The van der Waals surface area contributed by atoms with Gasteiger partial charge in [0.1, 0.15) is 0 Å². The second-order valence-electron chi connectivity index (χ2n) is 3.90. The van der Waals surface area contributed by atoms with Gasteiger partial charge in [0, 0.05) is 16.4 Å². The maximum Gasteiger partial charge on any atom is 0.394 e.